The van der Waals surface area contributed by atoms with Crippen LogP contribution in [-0.4, -0.2) is 18.1 Å². The first-order chi connectivity index (χ1) is 14.2. The molecule has 4 N–H and O–H groups in total. The minimum atomic E-state index is -1.37. The van der Waals surface area contributed by atoms with Crippen LogP contribution in [-0.2, 0) is 0 Å². The lowest BCUT2D eigenvalue weighted by Gasteiger charge is -2.20. The maximum Gasteiger partial charge on any atom is 0.338 e. The topological polar surface area (TPSA) is 129 Å². The number of hydrogen-bond acceptors (Lipinski definition) is 6. The molecule has 7 nitrogen and oxygen atoms in total. The van der Waals surface area contributed by atoms with Gasteiger partial charge in [-0.2, -0.15) is 0 Å². The van der Waals surface area contributed by atoms with Crippen LogP contribution in [0, 0.1) is 11.6 Å². The number of benzene rings is 3. The molecule has 0 unspecified atom stereocenters. The van der Waals surface area contributed by atoms with Gasteiger partial charge in [-0.25, -0.2) is 13.6 Å². The summed E-state index contributed by atoms with van der Waals surface area (Å²) < 4.78 is 33.8. The van der Waals surface area contributed by atoms with Gasteiger partial charge in [-0.15, -0.1) is 0 Å². The molecule has 0 saturated carbocycles. The van der Waals surface area contributed by atoms with Gasteiger partial charge in [0.25, 0.3) is 0 Å². The standard InChI is InChI=1S/C21H14F2N2O5/c1-25-13-3-2-8(19(20(13)24)21(28)29)18-9-4-11(22)14(26)6-16(9)30-17-7-15(27)12(23)5-10(17)18/h2-7,25-26H,24H2,1H3,(H,28,29)/p-1. The van der Waals surface area contributed by atoms with E-state index in [4.69, 9.17) is 10.2 Å². The highest BCUT2D eigenvalue weighted by Gasteiger charge is 2.25. The largest absolute Gasteiger partial charge is 0.870 e. The Balaban J connectivity index is 2.26. The highest BCUT2D eigenvalue weighted by atomic mass is 19.1. The molecular weight excluding hydrogens is 398 g/mol. The van der Waals surface area contributed by atoms with Crippen LogP contribution < -0.4 is 21.6 Å². The summed E-state index contributed by atoms with van der Waals surface area (Å²) >= 11 is 0. The van der Waals surface area contributed by atoms with Crippen molar-refractivity contribution in [2.45, 2.75) is 0 Å². The van der Waals surface area contributed by atoms with Crippen LogP contribution in [0.15, 0.2) is 45.6 Å². The molecule has 4 rings (SSSR count). The number of hydrogen-bond donors (Lipinski definition) is 3. The molecule has 0 spiro atoms. The Kier molecular flexibility index (Phi) is 4.30. The molecule has 0 fully saturated rings. The molecule has 30 heavy (non-hydrogen) atoms. The summed E-state index contributed by atoms with van der Waals surface area (Å²) in [6, 6.07) is 6.46. The van der Waals surface area contributed by atoms with Crippen molar-refractivity contribution in [2.24, 2.45) is 0 Å². The van der Waals surface area contributed by atoms with E-state index in [0.717, 1.165) is 24.3 Å². The fourth-order valence-corrected chi connectivity index (χ4v) is 3.46. The molecule has 9 heteroatoms. The van der Waals surface area contributed by atoms with E-state index in [-0.39, 0.29) is 44.7 Å². The number of nitrogens with two attached hydrogens (primary N) is 1. The Morgan fingerprint density at radius 2 is 1.87 bits per heavy atom. The summed E-state index contributed by atoms with van der Waals surface area (Å²) in [5, 5.41) is 24.4. The Morgan fingerprint density at radius 1 is 1.13 bits per heavy atom. The molecule has 2 aromatic carbocycles. The van der Waals surface area contributed by atoms with Crippen LogP contribution in [0.3, 0.4) is 0 Å². The first-order valence-electron chi connectivity index (χ1n) is 8.63. The number of anilines is 2. The van der Waals surface area contributed by atoms with E-state index in [2.05, 4.69) is 5.32 Å². The van der Waals surface area contributed by atoms with Crippen LogP contribution >= 0.6 is 0 Å². The normalized spacial score (nSPS) is 11.2. The number of carbonyl (C=O) groups is 1. The predicted molar refractivity (Wildman–Crippen MR) is 105 cm³/mol. The molecule has 152 valence electrons. The first kappa shape index (κ1) is 19.2. The number of nitrogens with one attached hydrogen (secondary N) is 1. The second-order valence-electron chi connectivity index (χ2n) is 6.54. The third kappa shape index (κ3) is 2.79. The zero-order chi connectivity index (χ0) is 21.7. The number of carboxylic acid groups (broad SMARTS) is 1. The molecule has 1 heterocycles. The van der Waals surface area contributed by atoms with Gasteiger partial charge >= 0.3 is 5.97 Å². The summed E-state index contributed by atoms with van der Waals surface area (Å²) in [5.41, 5.74) is 5.03. The summed E-state index contributed by atoms with van der Waals surface area (Å²) in [4.78, 5) is 23.8. The second kappa shape index (κ2) is 6.73. The second-order valence-corrected chi connectivity index (χ2v) is 6.54. The van der Waals surface area contributed by atoms with Gasteiger partial charge in [0.2, 0.25) is 5.43 Å². The van der Waals surface area contributed by atoms with Gasteiger partial charge in [0.05, 0.1) is 16.9 Å². The van der Waals surface area contributed by atoms with Crippen molar-refractivity contribution in [3.05, 3.63) is 63.8 Å². The number of carboxylic acids is 1. The molecule has 2 aliphatic rings. The van der Waals surface area contributed by atoms with Crippen molar-refractivity contribution in [2.75, 3.05) is 18.1 Å². The van der Waals surface area contributed by atoms with Crippen LogP contribution in [0.5, 0.6) is 5.75 Å². The number of aromatic carboxylic acids is 1. The van der Waals surface area contributed by atoms with Crippen molar-refractivity contribution in [3.63, 3.8) is 0 Å². The van der Waals surface area contributed by atoms with Gasteiger partial charge < -0.3 is 25.7 Å². The van der Waals surface area contributed by atoms with E-state index in [1.807, 2.05) is 0 Å². The number of fused-ring (bicyclic) bond motifs is 2. The minimum absolute atomic E-state index is 0.0248. The van der Waals surface area contributed by atoms with Crippen molar-refractivity contribution >= 4 is 28.3 Å². The predicted octanol–water partition coefficient (Wildman–Crippen LogP) is 3.24. The highest BCUT2D eigenvalue weighted by Crippen LogP contribution is 2.44. The van der Waals surface area contributed by atoms with E-state index in [0.29, 0.717) is 5.69 Å². The van der Waals surface area contributed by atoms with E-state index in [9.17, 15) is 28.6 Å². The monoisotopic (exact) mass is 411 g/mol. The Bertz CT molecular complexity index is 1380. The van der Waals surface area contributed by atoms with Gasteiger partial charge in [0.15, 0.2) is 5.82 Å². The lowest BCUT2D eigenvalue weighted by molar-refractivity contribution is -0.272. The molecule has 2 aromatic rings. The van der Waals surface area contributed by atoms with Gasteiger partial charge in [0, 0.05) is 29.6 Å². The molecule has 1 aliphatic heterocycles. The molecule has 0 aromatic heterocycles. The smallest absolute Gasteiger partial charge is 0.338 e. The van der Waals surface area contributed by atoms with E-state index < -0.39 is 28.8 Å². The summed E-state index contributed by atoms with van der Waals surface area (Å²) in [6.07, 6.45) is 0. The minimum Gasteiger partial charge on any atom is -0.870 e. The molecule has 0 amide bonds. The van der Waals surface area contributed by atoms with Crippen LogP contribution in [0.1, 0.15) is 10.4 Å². The zero-order valence-corrected chi connectivity index (χ0v) is 15.4. The average Bonchev–Trinajstić information content (AvgIpc) is 2.68. The van der Waals surface area contributed by atoms with Crippen LogP contribution in [0.4, 0.5) is 20.2 Å². The van der Waals surface area contributed by atoms with E-state index >= 15 is 0 Å². The van der Waals surface area contributed by atoms with E-state index in [1.54, 1.807) is 7.05 Å². The third-order valence-electron chi connectivity index (χ3n) is 4.82. The molecule has 0 bridgehead atoms. The number of nitrogen functional groups attached to an aromatic ring is 1. The third-order valence-corrected chi connectivity index (χ3v) is 4.82. The maximum absolute atomic E-state index is 14.1. The first-order valence-corrected chi connectivity index (χ1v) is 8.63. The zero-order valence-electron chi connectivity index (χ0n) is 15.4. The fourth-order valence-electron chi connectivity index (χ4n) is 3.46. The van der Waals surface area contributed by atoms with Gasteiger partial charge in [0.1, 0.15) is 17.2 Å². The molecule has 0 atom stereocenters. The maximum atomic E-state index is 14.1. The summed E-state index contributed by atoms with van der Waals surface area (Å²) in [7, 11) is 1.56. The van der Waals surface area contributed by atoms with Gasteiger partial charge in [-0.05, 0) is 29.8 Å². The van der Waals surface area contributed by atoms with Crippen molar-refractivity contribution in [1.82, 2.24) is 0 Å². The Labute approximate surface area is 167 Å². The van der Waals surface area contributed by atoms with Crippen LogP contribution in [0.25, 0.3) is 33.4 Å². The lowest BCUT2D eigenvalue weighted by Crippen LogP contribution is -2.10. The Hall–Kier alpha value is -4.14. The summed E-state index contributed by atoms with van der Waals surface area (Å²) in [5.74, 6) is -4.62. The van der Waals surface area contributed by atoms with Crippen molar-refractivity contribution in [1.29, 1.82) is 0 Å². The van der Waals surface area contributed by atoms with Crippen molar-refractivity contribution in [3.8, 4) is 28.2 Å². The SMILES string of the molecule is CNc1ccc(-c2c3cc(F)c(=O)cc-3oc3cc([O-])c(F)cc23)c(C(=O)O)c1N. The number of halogens is 2. The van der Waals surface area contributed by atoms with Crippen molar-refractivity contribution < 1.29 is 28.2 Å². The molecule has 0 saturated heterocycles. The van der Waals surface area contributed by atoms with Gasteiger partial charge in [-0.1, -0.05) is 11.8 Å². The highest BCUT2D eigenvalue weighted by molar-refractivity contribution is 6.11. The average molecular weight is 411 g/mol. The Morgan fingerprint density at radius 3 is 2.53 bits per heavy atom. The molecule has 0 radical (unpaired) electrons. The number of rotatable bonds is 3. The van der Waals surface area contributed by atoms with Crippen LogP contribution in [0.2, 0.25) is 0 Å². The quantitative estimate of drug-likeness (QED) is 0.349. The fraction of sp³-hybridized carbons (Fsp3) is 0.0476. The lowest BCUT2D eigenvalue weighted by atomic mass is 9.89. The van der Waals surface area contributed by atoms with E-state index in [1.165, 1.54) is 12.1 Å². The van der Waals surface area contributed by atoms with Gasteiger partial charge in [-0.3, -0.25) is 4.79 Å². The summed E-state index contributed by atoms with van der Waals surface area (Å²) in [6.45, 7) is 0. The molecule has 1 aliphatic carbocycles. The molecular formula is C21H13F2N2O5-.